The molecule has 6 heteroatoms. The third kappa shape index (κ3) is 41.1. The molecular weight excluding hydrogens is 707 g/mol. The summed E-state index contributed by atoms with van der Waals surface area (Å²) in [4.78, 5) is 26.1. The molecule has 6 nitrogen and oxygen atoms in total. The largest absolute Gasteiger partial charge is 0.462 e. The molecule has 1 amide bonds. The number of hydrogen-bond acceptors (Lipinski definition) is 5. The fraction of sp³-hybridized carbons (Fsp3) is 0.922. The van der Waals surface area contributed by atoms with E-state index in [1.165, 1.54) is 173 Å². The van der Waals surface area contributed by atoms with Gasteiger partial charge >= 0.3 is 5.97 Å². The Morgan fingerprint density at radius 2 is 0.842 bits per heavy atom. The molecule has 0 radical (unpaired) electrons. The Balaban J connectivity index is 4.56. The topological polar surface area (TPSA) is 95.9 Å². The van der Waals surface area contributed by atoms with E-state index in [-0.39, 0.29) is 24.9 Å². The van der Waals surface area contributed by atoms with Gasteiger partial charge in [-0.25, -0.2) is 0 Å². The number of ether oxygens (including phenoxy) is 1. The monoisotopic (exact) mass is 806 g/mol. The fourth-order valence-corrected chi connectivity index (χ4v) is 7.96. The Hall–Kier alpha value is -1.40. The van der Waals surface area contributed by atoms with E-state index in [0.717, 1.165) is 57.8 Å². The van der Waals surface area contributed by atoms with Crippen LogP contribution < -0.4 is 5.32 Å². The van der Waals surface area contributed by atoms with Crippen molar-refractivity contribution in [2.75, 3.05) is 6.61 Å². The highest BCUT2D eigenvalue weighted by Crippen LogP contribution is 2.18. The van der Waals surface area contributed by atoms with Crippen LogP contribution in [0.1, 0.15) is 278 Å². The van der Waals surface area contributed by atoms with Crippen molar-refractivity contribution in [3.8, 4) is 0 Å². The van der Waals surface area contributed by atoms with Crippen LogP contribution in [-0.2, 0) is 14.3 Å². The van der Waals surface area contributed by atoms with Gasteiger partial charge in [-0.15, -0.1) is 0 Å². The molecule has 3 N–H and O–H groups in total. The van der Waals surface area contributed by atoms with E-state index in [0.29, 0.717) is 19.3 Å². The molecule has 338 valence electrons. The second-order valence-corrected chi connectivity index (χ2v) is 17.6. The highest BCUT2D eigenvalue weighted by Gasteiger charge is 2.24. The van der Waals surface area contributed by atoms with E-state index in [4.69, 9.17) is 4.74 Å². The molecule has 0 rings (SSSR count). The van der Waals surface area contributed by atoms with Crippen molar-refractivity contribution in [3.63, 3.8) is 0 Å². The Morgan fingerprint density at radius 3 is 1.26 bits per heavy atom. The first kappa shape index (κ1) is 55.6. The Morgan fingerprint density at radius 1 is 0.491 bits per heavy atom. The van der Waals surface area contributed by atoms with Gasteiger partial charge in [-0.2, -0.15) is 0 Å². The minimum Gasteiger partial charge on any atom is -0.462 e. The van der Waals surface area contributed by atoms with E-state index in [2.05, 4.69) is 38.2 Å². The molecule has 0 saturated carbocycles. The maximum absolute atomic E-state index is 13.2. The SMILES string of the molecule is CCCCCCCCC/C=C/CCCCCC(CC(=O)NC(CO)C(O)CCCCCCCCCCCCCCC)OC(=O)CCCCCCCCCCCCC. The van der Waals surface area contributed by atoms with Crippen LogP contribution in [0.3, 0.4) is 0 Å². The molecule has 57 heavy (non-hydrogen) atoms. The second kappa shape index (κ2) is 45.7. The molecule has 0 spiro atoms. The van der Waals surface area contributed by atoms with Crippen LogP contribution in [-0.4, -0.2) is 46.9 Å². The van der Waals surface area contributed by atoms with Crippen molar-refractivity contribution in [3.05, 3.63) is 12.2 Å². The first-order valence-corrected chi connectivity index (χ1v) is 25.4. The van der Waals surface area contributed by atoms with Crippen LogP contribution in [0.4, 0.5) is 0 Å². The normalized spacial score (nSPS) is 13.3. The summed E-state index contributed by atoms with van der Waals surface area (Å²) in [6.45, 7) is 6.48. The first-order chi connectivity index (χ1) is 28.0. The zero-order chi connectivity index (χ0) is 41.7. The van der Waals surface area contributed by atoms with Gasteiger partial charge in [0.1, 0.15) is 6.10 Å². The van der Waals surface area contributed by atoms with Crippen molar-refractivity contribution in [2.24, 2.45) is 0 Å². The van der Waals surface area contributed by atoms with E-state index >= 15 is 0 Å². The van der Waals surface area contributed by atoms with Gasteiger partial charge in [-0.05, 0) is 51.4 Å². The summed E-state index contributed by atoms with van der Waals surface area (Å²) in [5, 5.41) is 23.7. The minimum atomic E-state index is -0.785. The third-order valence-electron chi connectivity index (χ3n) is 11.8. The molecule has 3 unspecified atom stereocenters. The number of amides is 1. The van der Waals surface area contributed by atoms with Crippen molar-refractivity contribution < 1.29 is 24.5 Å². The molecule has 0 aromatic carbocycles. The summed E-state index contributed by atoms with van der Waals surface area (Å²) in [5.74, 6) is -0.475. The van der Waals surface area contributed by atoms with E-state index in [9.17, 15) is 19.8 Å². The van der Waals surface area contributed by atoms with Crippen LogP contribution in [0.2, 0.25) is 0 Å². The summed E-state index contributed by atoms with van der Waals surface area (Å²) in [5.41, 5.74) is 0. The Bertz CT molecular complexity index is 863. The molecule has 0 aromatic rings. The van der Waals surface area contributed by atoms with Gasteiger partial charge in [0.15, 0.2) is 0 Å². The zero-order valence-corrected chi connectivity index (χ0v) is 38.5. The first-order valence-electron chi connectivity index (χ1n) is 25.4. The predicted octanol–water partition coefficient (Wildman–Crippen LogP) is 15.0. The summed E-state index contributed by atoms with van der Waals surface area (Å²) >= 11 is 0. The van der Waals surface area contributed by atoms with Gasteiger partial charge in [0, 0.05) is 6.42 Å². The van der Waals surface area contributed by atoms with Crippen LogP contribution in [0.15, 0.2) is 12.2 Å². The van der Waals surface area contributed by atoms with Gasteiger partial charge in [0.25, 0.3) is 0 Å². The number of rotatable bonds is 46. The number of nitrogens with one attached hydrogen (secondary N) is 1. The molecule has 3 atom stereocenters. The van der Waals surface area contributed by atoms with E-state index in [1.54, 1.807) is 0 Å². The van der Waals surface area contributed by atoms with Crippen molar-refractivity contribution in [1.82, 2.24) is 5.32 Å². The number of aliphatic hydroxyl groups is 2. The molecule has 0 fully saturated rings. The molecule has 0 aliphatic rings. The Kier molecular flexibility index (Phi) is 44.6. The summed E-state index contributed by atoms with van der Waals surface area (Å²) in [7, 11) is 0. The lowest BCUT2D eigenvalue weighted by molar-refractivity contribution is -0.151. The Labute approximate surface area is 355 Å². The van der Waals surface area contributed by atoms with Gasteiger partial charge in [0.2, 0.25) is 5.91 Å². The van der Waals surface area contributed by atoms with E-state index < -0.39 is 18.2 Å². The highest BCUT2D eigenvalue weighted by atomic mass is 16.5. The number of allylic oxidation sites excluding steroid dienone is 2. The van der Waals surface area contributed by atoms with Crippen LogP contribution in [0.25, 0.3) is 0 Å². The molecule has 0 aromatic heterocycles. The van der Waals surface area contributed by atoms with Crippen LogP contribution in [0, 0.1) is 0 Å². The van der Waals surface area contributed by atoms with Gasteiger partial charge in [-0.1, -0.05) is 226 Å². The molecule has 0 aliphatic carbocycles. The van der Waals surface area contributed by atoms with Crippen molar-refractivity contribution in [1.29, 1.82) is 0 Å². The lowest BCUT2D eigenvalue weighted by Crippen LogP contribution is -2.46. The fourth-order valence-electron chi connectivity index (χ4n) is 7.96. The summed E-state index contributed by atoms with van der Waals surface area (Å²) in [6.07, 6.45) is 49.8. The summed E-state index contributed by atoms with van der Waals surface area (Å²) < 4.78 is 5.92. The number of carbonyl (C=O) groups excluding carboxylic acids is 2. The number of esters is 1. The summed E-state index contributed by atoms with van der Waals surface area (Å²) in [6, 6.07) is -0.699. The van der Waals surface area contributed by atoms with Gasteiger partial charge in [-0.3, -0.25) is 9.59 Å². The lowest BCUT2D eigenvalue weighted by Gasteiger charge is -2.24. The van der Waals surface area contributed by atoms with Gasteiger partial charge in [0.05, 0.1) is 25.2 Å². The molecular formula is C51H99NO5. The predicted molar refractivity (Wildman–Crippen MR) is 246 cm³/mol. The number of carbonyl (C=O) groups is 2. The second-order valence-electron chi connectivity index (χ2n) is 17.6. The molecule has 0 aliphatic heterocycles. The van der Waals surface area contributed by atoms with Gasteiger partial charge < -0.3 is 20.3 Å². The van der Waals surface area contributed by atoms with Crippen molar-refractivity contribution >= 4 is 11.9 Å². The quantitative estimate of drug-likeness (QED) is 0.0323. The maximum Gasteiger partial charge on any atom is 0.306 e. The molecule has 0 saturated heterocycles. The number of hydrogen-bond donors (Lipinski definition) is 3. The molecule has 0 heterocycles. The average Bonchev–Trinajstić information content (AvgIpc) is 3.20. The van der Waals surface area contributed by atoms with Crippen LogP contribution >= 0.6 is 0 Å². The number of unbranched alkanes of at least 4 members (excludes halogenated alkanes) is 32. The zero-order valence-electron chi connectivity index (χ0n) is 38.5. The minimum absolute atomic E-state index is 0.0737. The molecule has 0 bridgehead atoms. The van der Waals surface area contributed by atoms with Crippen molar-refractivity contribution in [2.45, 2.75) is 296 Å². The smallest absolute Gasteiger partial charge is 0.306 e. The van der Waals surface area contributed by atoms with Crippen LogP contribution in [0.5, 0.6) is 0 Å². The lowest BCUT2D eigenvalue weighted by atomic mass is 10.0. The standard InChI is InChI=1S/C51H99NO5/c1-4-7-10-13-16-19-22-24-26-28-30-33-36-39-42-47(57-51(56)44-41-38-35-32-27-21-18-15-12-9-6-3)45-50(55)52-48(46-53)49(54)43-40-37-34-31-29-25-23-20-17-14-11-8-5-2/h26,28,47-49,53-54H,4-25,27,29-46H2,1-3H3,(H,52,55)/b28-26+. The third-order valence-corrected chi connectivity index (χ3v) is 11.8. The highest BCUT2D eigenvalue weighted by molar-refractivity contribution is 5.77. The number of aliphatic hydroxyl groups excluding tert-OH is 2. The maximum atomic E-state index is 13.2. The van der Waals surface area contributed by atoms with E-state index in [1.807, 2.05) is 0 Å². The average molecular weight is 806 g/mol.